The number of hydrogen-bond donors (Lipinski definition) is 4. The van der Waals surface area contributed by atoms with Crippen LogP contribution >= 0.6 is 0 Å². The minimum absolute atomic E-state index is 0.0136. The van der Waals surface area contributed by atoms with Crippen LogP contribution < -0.4 is 0 Å². The van der Waals surface area contributed by atoms with Crippen LogP contribution in [0.2, 0.25) is 0 Å². The number of hydrogen-bond acceptors (Lipinski definition) is 12. The van der Waals surface area contributed by atoms with E-state index in [9.17, 15) is 29.7 Å². The lowest BCUT2D eigenvalue weighted by Crippen LogP contribution is -2.69. The van der Waals surface area contributed by atoms with Crippen LogP contribution in [-0.2, 0) is 38.0 Å². The predicted molar refractivity (Wildman–Crippen MR) is 176 cm³/mol. The van der Waals surface area contributed by atoms with Crippen LogP contribution in [-0.4, -0.2) is 95.5 Å². The van der Waals surface area contributed by atoms with Gasteiger partial charge >= 0.3 is 17.9 Å². The van der Waals surface area contributed by atoms with Gasteiger partial charge in [0, 0.05) is 44.4 Å². The number of rotatable bonds is 9. The van der Waals surface area contributed by atoms with Crippen molar-refractivity contribution in [2.45, 2.75) is 110 Å². The molecule has 0 aromatic carbocycles. The number of fused-ring (bicyclic) bond motifs is 3. The normalized spacial score (nSPS) is 41.5. The molecule has 12 unspecified atom stereocenters. The van der Waals surface area contributed by atoms with E-state index in [0.29, 0.717) is 25.7 Å². The zero-order chi connectivity index (χ0) is 36.2. The molecule has 5 aliphatic rings. The van der Waals surface area contributed by atoms with Gasteiger partial charge < -0.3 is 48.7 Å². The maximum atomic E-state index is 13.3. The molecule has 0 spiro atoms. The zero-order valence-electron chi connectivity index (χ0n) is 29.7. The van der Waals surface area contributed by atoms with Crippen molar-refractivity contribution in [2.75, 3.05) is 20.3 Å². The monoisotopic (exact) mass is 701 g/mol. The standard InChI is InChI=1S/C37H51NO12/c1-19-9-11-24-35(4,30(19)29-31(41)34(44)50-33(29)43)14-13-25-36(24,5)26(40)16-27(49-21(3)39)37(25,18-47-32(42)22-8-7-15-38-22)17-46-28-12-10-23(45-6)20(2)48-28/h7-9,15,20,23-28,30,33,38,40-41,43H,10-14,16-18H2,1-6H3. The van der Waals surface area contributed by atoms with E-state index in [4.69, 9.17) is 28.4 Å². The number of aliphatic hydroxyl groups is 3. The molecular formula is C37H51NO12. The van der Waals surface area contributed by atoms with Gasteiger partial charge in [0.05, 0.1) is 35.9 Å². The first-order chi connectivity index (χ1) is 23.7. The SMILES string of the molecule is COC1CCC(OCC2(COC(=O)c3ccc[nH]3)C(OC(C)=O)CC(O)C3(C)C4CC=C(C)C(C5=C(O)C(=O)OC5O)C4(C)CCC23)OC1C. The highest BCUT2D eigenvalue weighted by molar-refractivity contribution is 5.89. The molecule has 6 rings (SSSR count). The molecule has 1 saturated heterocycles. The number of ether oxygens (including phenoxy) is 6. The third kappa shape index (κ3) is 5.98. The van der Waals surface area contributed by atoms with E-state index in [1.807, 2.05) is 26.8 Å². The largest absolute Gasteiger partial charge is 0.502 e. The highest BCUT2D eigenvalue weighted by atomic mass is 16.7. The Labute approximate surface area is 292 Å². The molecule has 276 valence electrons. The lowest BCUT2D eigenvalue weighted by Gasteiger charge is -2.68. The molecule has 3 heterocycles. The summed E-state index contributed by atoms with van der Waals surface area (Å²) in [5.41, 5.74) is -1.32. The summed E-state index contributed by atoms with van der Waals surface area (Å²) < 4.78 is 35.5. The Hall–Kier alpha value is -3.23. The van der Waals surface area contributed by atoms with Crippen molar-refractivity contribution in [2.24, 2.45) is 34.0 Å². The van der Waals surface area contributed by atoms with E-state index in [1.54, 1.807) is 25.4 Å². The van der Waals surface area contributed by atoms with E-state index in [2.05, 4.69) is 11.9 Å². The molecule has 4 N–H and O–H groups in total. The topological polar surface area (TPSA) is 183 Å². The average Bonchev–Trinajstić information content (AvgIpc) is 3.69. The Kier molecular flexibility index (Phi) is 10.0. The number of aromatic nitrogens is 1. The van der Waals surface area contributed by atoms with Crippen molar-refractivity contribution in [1.82, 2.24) is 4.98 Å². The summed E-state index contributed by atoms with van der Waals surface area (Å²) in [5, 5.41) is 33.9. The van der Waals surface area contributed by atoms with Crippen LogP contribution in [0.1, 0.15) is 83.6 Å². The number of esters is 3. The van der Waals surface area contributed by atoms with E-state index >= 15 is 0 Å². The maximum Gasteiger partial charge on any atom is 0.376 e. The van der Waals surface area contributed by atoms with Gasteiger partial charge in [0.25, 0.3) is 0 Å². The second-order valence-corrected chi connectivity index (χ2v) is 15.4. The van der Waals surface area contributed by atoms with Crippen LogP contribution in [0.5, 0.6) is 0 Å². The highest BCUT2D eigenvalue weighted by Crippen LogP contribution is 2.70. The first-order valence-electron chi connectivity index (χ1n) is 17.6. The van der Waals surface area contributed by atoms with Gasteiger partial charge in [-0.1, -0.05) is 25.5 Å². The summed E-state index contributed by atoms with van der Waals surface area (Å²) >= 11 is 0. The number of aliphatic hydroxyl groups excluding tert-OH is 3. The Bertz CT molecular complexity index is 1520. The molecule has 0 bridgehead atoms. The molecule has 0 amide bonds. The number of methoxy groups -OCH3 is 1. The first-order valence-corrected chi connectivity index (χ1v) is 17.6. The highest BCUT2D eigenvalue weighted by Gasteiger charge is 2.70. The van der Waals surface area contributed by atoms with Crippen LogP contribution in [0.3, 0.4) is 0 Å². The lowest BCUT2D eigenvalue weighted by atomic mass is 9.38. The minimum Gasteiger partial charge on any atom is -0.502 e. The molecule has 3 fully saturated rings. The Morgan fingerprint density at radius 3 is 2.50 bits per heavy atom. The fraction of sp³-hybridized carbons (Fsp3) is 0.703. The summed E-state index contributed by atoms with van der Waals surface area (Å²) in [6, 6.07) is 3.32. The van der Waals surface area contributed by atoms with E-state index in [1.165, 1.54) is 6.92 Å². The van der Waals surface area contributed by atoms with E-state index in [-0.39, 0.29) is 49.0 Å². The molecule has 13 heteroatoms. The fourth-order valence-electron chi connectivity index (χ4n) is 10.5. The molecule has 1 aromatic rings. The second-order valence-electron chi connectivity index (χ2n) is 15.4. The molecule has 3 aliphatic carbocycles. The van der Waals surface area contributed by atoms with Crippen molar-refractivity contribution in [3.05, 3.63) is 47.0 Å². The predicted octanol–water partition coefficient (Wildman–Crippen LogP) is 4.10. The second kappa shape index (κ2) is 13.7. The quantitative estimate of drug-likeness (QED) is 0.165. The number of allylic oxidation sites excluding steroid dienone is 2. The zero-order valence-corrected chi connectivity index (χ0v) is 29.7. The van der Waals surface area contributed by atoms with Crippen molar-refractivity contribution < 1.29 is 58.1 Å². The Morgan fingerprint density at radius 2 is 1.88 bits per heavy atom. The van der Waals surface area contributed by atoms with Gasteiger partial charge in [0.15, 0.2) is 6.29 Å². The summed E-state index contributed by atoms with van der Waals surface area (Å²) in [7, 11) is 1.65. The van der Waals surface area contributed by atoms with Crippen LogP contribution in [0.25, 0.3) is 0 Å². The van der Waals surface area contributed by atoms with Crippen molar-refractivity contribution >= 4 is 17.9 Å². The summed E-state index contributed by atoms with van der Waals surface area (Å²) in [6.07, 6.45) is 2.32. The van der Waals surface area contributed by atoms with Crippen LogP contribution in [0, 0.1) is 34.0 Å². The summed E-state index contributed by atoms with van der Waals surface area (Å²) in [5.74, 6) is -3.84. The average molecular weight is 702 g/mol. The number of nitrogens with one attached hydrogen (secondary N) is 1. The molecule has 50 heavy (non-hydrogen) atoms. The molecule has 0 radical (unpaired) electrons. The smallest absolute Gasteiger partial charge is 0.376 e. The minimum atomic E-state index is -1.59. The molecule has 2 saturated carbocycles. The molecule has 2 aliphatic heterocycles. The van der Waals surface area contributed by atoms with Crippen LogP contribution in [0.4, 0.5) is 0 Å². The van der Waals surface area contributed by atoms with Gasteiger partial charge in [-0.05, 0) is 68.9 Å². The number of cyclic esters (lactones) is 1. The van der Waals surface area contributed by atoms with Gasteiger partial charge in [-0.2, -0.15) is 0 Å². The fourth-order valence-corrected chi connectivity index (χ4v) is 10.5. The third-order valence-corrected chi connectivity index (χ3v) is 12.8. The van der Waals surface area contributed by atoms with Gasteiger partial charge in [0.1, 0.15) is 18.4 Å². The van der Waals surface area contributed by atoms with Crippen molar-refractivity contribution in [3.8, 4) is 0 Å². The first kappa shape index (κ1) is 36.6. The molecule has 1 aromatic heterocycles. The number of carbonyl (C=O) groups excluding carboxylic acids is 3. The van der Waals surface area contributed by atoms with Gasteiger partial charge in [-0.25, -0.2) is 9.59 Å². The van der Waals surface area contributed by atoms with Crippen molar-refractivity contribution in [3.63, 3.8) is 0 Å². The Morgan fingerprint density at radius 1 is 1.12 bits per heavy atom. The van der Waals surface area contributed by atoms with Gasteiger partial charge in [-0.15, -0.1) is 0 Å². The van der Waals surface area contributed by atoms with Crippen LogP contribution in [0.15, 0.2) is 41.3 Å². The maximum absolute atomic E-state index is 13.3. The number of carbonyl (C=O) groups is 3. The van der Waals surface area contributed by atoms with E-state index in [0.717, 1.165) is 12.0 Å². The molecule has 12 atom stereocenters. The number of H-pyrrole nitrogens is 1. The number of aromatic amines is 1. The van der Waals surface area contributed by atoms with Crippen molar-refractivity contribution in [1.29, 1.82) is 0 Å². The summed E-state index contributed by atoms with van der Waals surface area (Å²) in [6.45, 7) is 9.13. The molecule has 13 nitrogen and oxygen atoms in total. The van der Waals surface area contributed by atoms with E-state index < -0.39 is 76.5 Å². The Balaban J connectivity index is 1.42. The summed E-state index contributed by atoms with van der Waals surface area (Å²) in [4.78, 5) is 41.3. The van der Waals surface area contributed by atoms with Gasteiger partial charge in [0.2, 0.25) is 12.0 Å². The lowest BCUT2D eigenvalue weighted by molar-refractivity contribution is -0.285. The van der Waals surface area contributed by atoms with Gasteiger partial charge in [-0.3, -0.25) is 4.79 Å². The third-order valence-electron chi connectivity index (χ3n) is 12.8. The molecular weight excluding hydrogens is 650 g/mol.